The fourth-order valence-corrected chi connectivity index (χ4v) is 3.34. The number of anilines is 2. The largest absolute Gasteiger partial charge is 0.380 e. The van der Waals surface area contributed by atoms with Crippen LogP contribution < -0.4 is 10.6 Å². The van der Waals surface area contributed by atoms with Gasteiger partial charge in [-0.05, 0) is 24.0 Å². The van der Waals surface area contributed by atoms with Crippen LogP contribution in [0.25, 0.3) is 0 Å². The summed E-state index contributed by atoms with van der Waals surface area (Å²) in [5.41, 5.74) is 3.15. The summed E-state index contributed by atoms with van der Waals surface area (Å²) in [6.07, 6.45) is 3.80. The molecule has 1 heterocycles. The Bertz CT molecular complexity index is 574. The van der Waals surface area contributed by atoms with Crippen LogP contribution in [0.15, 0.2) is 36.0 Å². The minimum Gasteiger partial charge on any atom is -0.380 e. The molecule has 0 radical (unpaired) electrons. The molecular weight excluding hydrogens is 248 g/mol. The number of Topliss-reactive ketones (excluding diaryl/α,β-unsaturated/α-hetero) is 1. The van der Waals surface area contributed by atoms with Crippen LogP contribution in [0.2, 0.25) is 0 Å². The molecule has 20 heavy (non-hydrogen) atoms. The average Bonchev–Trinajstić information content (AvgIpc) is 2.52. The Morgan fingerprint density at radius 3 is 2.65 bits per heavy atom. The second-order valence-electron chi connectivity index (χ2n) is 6.54. The maximum absolute atomic E-state index is 12.6. The number of carbonyl (C=O) groups is 1. The van der Waals surface area contributed by atoms with Crippen LogP contribution in [0.4, 0.5) is 11.4 Å². The summed E-state index contributed by atoms with van der Waals surface area (Å²) in [4.78, 5) is 12.6. The van der Waals surface area contributed by atoms with Gasteiger partial charge < -0.3 is 10.6 Å². The van der Waals surface area contributed by atoms with Crippen LogP contribution in [-0.2, 0) is 4.79 Å². The van der Waals surface area contributed by atoms with E-state index < -0.39 is 0 Å². The quantitative estimate of drug-likeness (QED) is 0.815. The van der Waals surface area contributed by atoms with Crippen LogP contribution in [0.5, 0.6) is 0 Å². The molecule has 0 saturated carbocycles. The predicted octanol–water partition coefficient (Wildman–Crippen LogP) is 3.80. The van der Waals surface area contributed by atoms with E-state index in [1.807, 2.05) is 12.1 Å². The van der Waals surface area contributed by atoms with E-state index in [9.17, 15) is 4.79 Å². The van der Waals surface area contributed by atoms with Crippen molar-refractivity contribution in [2.75, 3.05) is 10.6 Å². The molecule has 3 rings (SSSR count). The van der Waals surface area contributed by atoms with Gasteiger partial charge in [0.05, 0.1) is 17.3 Å². The first-order valence-corrected chi connectivity index (χ1v) is 7.38. The molecule has 0 spiro atoms. The highest BCUT2D eigenvalue weighted by Crippen LogP contribution is 2.41. The molecule has 0 saturated heterocycles. The number of ketones is 1. The van der Waals surface area contributed by atoms with Gasteiger partial charge in [-0.2, -0.15) is 0 Å². The van der Waals surface area contributed by atoms with Crippen molar-refractivity contribution in [1.82, 2.24) is 0 Å². The van der Waals surface area contributed by atoms with E-state index in [0.29, 0.717) is 12.2 Å². The zero-order valence-electron chi connectivity index (χ0n) is 12.4. The molecule has 2 unspecified atom stereocenters. The third-order valence-corrected chi connectivity index (χ3v) is 4.25. The average molecular weight is 270 g/mol. The Morgan fingerprint density at radius 2 is 1.95 bits per heavy atom. The summed E-state index contributed by atoms with van der Waals surface area (Å²) in [5, 5.41) is 7.03. The summed E-state index contributed by atoms with van der Waals surface area (Å²) >= 11 is 0. The SMILES string of the molecule is CCC1Nc2ccccc2NC2=CC(C)(C)CC(=O)C21. The predicted molar refractivity (Wildman–Crippen MR) is 82.7 cm³/mol. The molecule has 0 bridgehead atoms. The Kier molecular flexibility index (Phi) is 3.08. The van der Waals surface area contributed by atoms with E-state index in [1.165, 1.54) is 0 Å². The molecule has 106 valence electrons. The van der Waals surface area contributed by atoms with Crippen LogP contribution in [-0.4, -0.2) is 11.8 Å². The fraction of sp³-hybridized carbons (Fsp3) is 0.471. The monoisotopic (exact) mass is 270 g/mol. The topological polar surface area (TPSA) is 41.1 Å². The van der Waals surface area contributed by atoms with Gasteiger partial charge in [0, 0.05) is 18.2 Å². The minimum absolute atomic E-state index is 0.0552. The van der Waals surface area contributed by atoms with Crippen LogP contribution in [0, 0.1) is 11.3 Å². The van der Waals surface area contributed by atoms with Crippen molar-refractivity contribution in [3.8, 4) is 0 Å². The highest BCUT2D eigenvalue weighted by Gasteiger charge is 2.40. The highest BCUT2D eigenvalue weighted by atomic mass is 16.1. The van der Waals surface area contributed by atoms with Gasteiger partial charge in [0.15, 0.2) is 0 Å². The van der Waals surface area contributed by atoms with Crippen molar-refractivity contribution in [3.05, 3.63) is 36.0 Å². The molecular formula is C17H22N2O. The number of para-hydroxylation sites is 2. The molecule has 3 heteroatoms. The van der Waals surface area contributed by atoms with Gasteiger partial charge in [-0.15, -0.1) is 0 Å². The van der Waals surface area contributed by atoms with Crippen LogP contribution in [0.1, 0.15) is 33.6 Å². The number of nitrogens with one attached hydrogen (secondary N) is 2. The fourth-order valence-electron chi connectivity index (χ4n) is 3.34. The first-order chi connectivity index (χ1) is 9.50. The van der Waals surface area contributed by atoms with Gasteiger partial charge in [0.1, 0.15) is 5.78 Å². The lowest BCUT2D eigenvalue weighted by Crippen LogP contribution is -2.40. The minimum atomic E-state index is -0.0620. The zero-order valence-corrected chi connectivity index (χ0v) is 12.4. The number of hydrogen-bond donors (Lipinski definition) is 2. The van der Waals surface area contributed by atoms with Crippen molar-refractivity contribution < 1.29 is 4.79 Å². The van der Waals surface area contributed by atoms with E-state index in [0.717, 1.165) is 23.5 Å². The number of benzene rings is 1. The van der Waals surface area contributed by atoms with Gasteiger partial charge in [-0.25, -0.2) is 0 Å². The van der Waals surface area contributed by atoms with E-state index in [2.05, 4.69) is 49.6 Å². The summed E-state index contributed by atoms with van der Waals surface area (Å²) in [5.74, 6) is 0.285. The van der Waals surface area contributed by atoms with Gasteiger partial charge >= 0.3 is 0 Å². The first kappa shape index (κ1) is 13.2. The smallest absolute Gasteiger partial charge is 0.144 e. The number of rotatable bonds is 1. The molecule has 2 atom stereocenters. The zero-order chi connectivity index (χ0) is 14.3. The lowest BCUT2D eigenvalue weighted by atomic mass is 9.73. The van der Waals surface area contributed by atoms with Gasteiger partial charge in [0.25, 0.3) is 0 Å². The molecule has 0 fully saturated rings. The Morgan fingerprint density at radius 1 is 1.25 bits per heavy atom. The first-order valence-electron chi connectivity index (χ1n) is 7.38. The molecule has 3 nitrogen and oxygen atoms in total. The van der Waals surface area contributed by atoms with Crippen molar-refractivity contribution in [2.45, 2.75) is 39.7 Å². The molecule has 2 aliphatic rings. The second-order valence-corrected chi connectivity index (χ2v) is 6.54. The molecule has 1 aromatic rings. The Labute approximate surface area is 120 Å². The van der Waals surface area contributed by atoms with Gasteiger partial charge in [-0.1, -0.05) is 39.0 Å². The lowest BCUT2D eigenvalue weighted by Gasteiger charge is -2.34. The molecule has 2 N–H and O–H groups in total. The van der Waals surface area contributed by atoms with Crippen molar-refractivity contribution >= 4 is 17.2 Å². The molecule has 1 aliphatic carbocycles. The van der Waals surface area contributed by atoms with Crippen molar-refractivity contribution in [2.24, 2.45) is 11.3 Å². The number of hydrogen-bond acceptors (Lipinski definition) is 3. The molecule has 1 aliphatic heterocycles. The van der Waals surface area contributed by atoms with Gasteiger partial charge in [-0.3, -0.25) is 4.79 Å². The van der Waals surface area contributed by atoms with E-state index >= 15 is 0 Å². The molecule has 0 aromatic heterocycles. The van der Waals surface area contributed by atoms with Crippen molar-refractivity contribution in [3.63, 3.8) is 0 Å². The normalized spacial score (nSPS) is 27.4. The summed E-state index contributed by atoms with van der Waals surface area (Å²) < 4.78 is 0. The van der Waals surface area contributed by atoms with Crippen LogP contribution >= 0.6 is 0 Å². The van der Waals surface area contributed by atoms with E-state index in [1.54, 1.807) is 0 Å². The molecule has 1 aromatic carbocycles. The van der Waals surface area contributed by atoms with Gasteiger partial charge in [0.2, 0.25) is 0 Å². The number of fused-ring (bicyclic) bond motifs is 2. The highest BCUT2D eigenvalue weighted by molar-refractivity contribution is 5.90. The van der Waals surface area contributed by atoms with Crippen LogP contribution in [0.3, 0.4) is 0 Å². The summed E-state index contributed by atoms with van der Waals surface area (Å²) in [6, 6.07) is 8.34. The number of carbonyl (C=O) groups excluding carboxylic acids is 1. The maximum Gasteiger partial charge on any atom is 0.144 e. The number of allylic oxidation sites excluding steroid dienone is 1. The summed E-state index contributed by atoms with van der Waals surface area (Å²) in [7, 11) is 0. The van der Waals surface area contributed by atoms with E-state index in [4.69, 9.17) is 0 Å². The standard InChI is InChI=1S/C17H22N2O/c1-4-11-16-14(9-17(2,3)10-15(16)20)19-13-8-6-5-7-12(13)18-11/h5-9,11,16,18-19H,4,10H2,1-3H3. The molecule has 0 amide bonds. The third-order valence-electron chi connectivity index (χ3n) is 4.25. The van der Waals surface area contributed by atoms with Crippen molar-refractivity contribution in [1.29, 1.82) is 0 Å². The third kappa shape index (κ3) is 2.21. The lowest BCUT2D eigenvalue weighted by molar-refractivity contribution is -0.124. The maximum atomic E-state index is 12.6. The van der Waals surface area contributed by atoms with E-state index in [-0.39, 0.29) is 17.4 Å². The Hall–Kier alpha value is -1.77. The second kappa shape index (κ2) is 4.65. The summed E-state index contributed by atoms with van der Waals surface area (Å²) in [6.45, 7) is 6.39. The Balaban J connectivity index is 2.09.